The van der Waals surface area contributed by atoms with Gasteiger partial charge < -0.3 is 0 Å². The van der Waals surface area contributed by atoms with Gasteiger partial charge in [-0.25, -0.2) is 0 Å². The van der Waals surface area contributed by atoms with Gasteiger partial charge in [0.05, 0.1) is 0 Å². The highest BCUT2D eigenvalue weighted by Gasteiger charge is 2.26. The molecule has 1 unspecified atom stereocenters. The van der Waals surface area contributed by atoms with E-state index in [0.29, 0.717) is 11.7 Å². The summed E-state index contributed by atoms with van der Waals surface area (Å²) in [5.74, 6) is 1.01. The molecule has 1 aromatic rings. The molecule has 0 heterocycles. The van der Waals surface area contributed by atoms with E-state index in [0.717, 1.165) is 12.0 Å². The molecule has 14 heavy (non-hydrogen) atoms. The summed E-state index contributed by atoms with van der Waals surface area (Å²) >= 11 is 0. The Morgan fingerprint density at radius 1 is 1.36 bits per heavy atom. The lowest BCUT2D eigenvalue weighted by Crippen LogP contribution is -2.03. The highest BCUT2D eigenvalue weighted by molar-refractivity contribution is 6.02. The molecule has 1 atom stereocenters. The van der Waals surface area contributed by atoms with E-state index in [1.165, 1.54) is 11.1 Å². The maximum Gasteiger partial charge on any atom is 0.166 e. The van der Waals surface area contributed by atoms with Crippen molar-refractivity contribution in [3.8, 4) is 0 Å². The minimum Gasteiger partial charge on any atom is -0.294 e. The number of hydrogen-bond donors (Lipinski definition) is 0. The fourth-order valence-electron chi connectivity index (χ4n) is 2.05. The van der Waals surface area contributed by atoms with Crippen LogP contribution < -0.4 is 0 Å². The van der Waals surface area contributed by atoms with Gasteiger partial charge in [-0.3, -0.25) is 4.79 Å². The predicted molar refractivity (Wildman–Crippen MR) is 57.7 cm³/mol. The molecule has 0 radical (unpaired) electrons. The molecule has 0 spiro atoms. The maximum absolute atomic E-state index is 11.8. The minimum absolute atomic E-state index is 0.187. The van der Waals surface area contributed by atoms with Crippen LogP contribution in [0.2, 0.25) is 0 Å². The highest BCUT2D eigenvalue weighted by atomic mass is 16.1. The first-order chi connectivity index (χ1) is 6.59. The second kappa shape index (κ2) is 3.23. The molecule has 0 saturated heterocycles. The normalized spacial score (nSPS) is 20.3. The molecule has 0 fully saturated rings. The molecular weight excluding hydrogens is 172 g/mol. The molecule has 1 aliphatic rings. The quantitative estimate of drug-likeness (QED) is 0.661. The van der Waals surface area contributed by atoms with Crippen molar-refractivity contribution < 1.29 is 4.79 Å². The van der Waals surface area contributed by atoms with Crippen LogP contribution in [0.25, 0.3) is 0 Å². The third-order valence-corrected chi connectivity index (χ3v) is 3.04. The SMILES string of the molecule is CC1Cc2ccc(C(C)C)cc2C1=O. The third kappa shape index (κ3) is 1.37. The average Bonchev–Trinajstić information content (AvgIpc) is 2.43. The molecule has 0 saturated carbocycles. The Bertz CT molecular complexity index is 377. The fraction of sp³-hybridized carbons (Fsp3) is 0.462. The third-order valence-electron chi connectivity index (χ3n) is 3.04. The number of carbonyl (C=O) groups is 1. The van der Waals surface area contributed by atoms with E-state index >= 15 is 0 Å². The van der Waals surface area contributed by atoms with E-state index in [9.17, 15) is 4.79 Å². The topological polar surface area (TPSA) is 17.1 Å². The Labute approximate surface area is 85.1 Å². The van der Waals surface area contributed by atoms with Crippen molar-refractivity contribution in [2.45, 2.75) is 33.1 Å². The predicted octanol–water partition coefficient (Wildman–Crippen LogP) is 3.18. The summed E-state index contributed by atoms with van der Waals surface area (Å²) in [6.45, 7) is 6.33. The molecule has 74 valence electrons. The number of fused-ring (bicyclic) bond motifs is 1. The van der Waals surface area contributed by atoms with E-state index in [2.05, 4.69) is 32.0 Å². The van der Waals surface area contributed by atoms with Crippen LogP contribution in [0.5, 0.6) is 0 Å². The molecule has 1 nitrogen and oxygen atoms in total. The molecule has 0 bridgehead atoms. The lowest BCUT2D eigenvalue weighted by atomic mass is 9.98. The van der Waals surface area contributed by atoms with E-state index in [1.807, 2.05) is 6.92 Å². The first kappa shape index (κ1) is 9.45. The van der Waals surface area contributed by atoms with Crippen molar-refractivity contribution in [1.29, 1.82) is 0 Å². The van der Waals surface area contributed by atoms with Crippen LogP contribution >= 0.6 is 0 Å². The smallest absolute Gasteiger partial charge is 0.166 e. The van der Waals surface area contributed by atoms with Crippen molar-refractivity contribution in [3.05, 3.63) is 34.9 Å². The lowest BCUT2D eigenvalue weighted by Gasteiger charge is -2.06. The Hall–Kier alpha value is -1.11. The zero-order valence-electron chi connectivity index (χ0n) is 9.00. The lowest BCUT2D eigenvalue weighted by molar-refractivity contribution is 0.0946. The van der Waals surface area contributed by atoms with E-state index in [4.69, 9.17) is 0 Å². The standard InChI is InChI=1S/C13H16O/c1-8(2)10-4-5-11-6-9(3)13(14)12(11)7-10/h4-5,7-9H,6H2,1-3H3. The second-order valence-corrected chi connectivity index (χ2v) is 4.54. The van der Waals surface area contributed by atoms with Gasteiger partial charge in [-0.15, -0.1) is 0 Å². The first-order valence-corrected chi connectivity index (χ1v) is 5.26. The maximum atomic E-state index is 11.8. The number of benzene rings is 1. The van der Waals surface area contributed by atoms with Crippen LogP contribution in [-0.4, -0.2) is 5.78 Å². The van der Waals surface area contributed by atoms with Gasteiger partial charge in [0.1, 0.15) is 0 Å². The van der Waals surface area contributed by atoms with Gasteiger partial charge in [-0.2, -0.15) is 0 Å². The zero-order valence-corrected chi connectivity index (χ0v) is 9.00. The van der Waals surface area contributed by atoms with Crippen LogP contribution in [0.3, 0.4) is 0 Å². The molecular formula is C13H16O. The van der Waals surface area contributed by atoms with Crippen molar-refractivity contribution in [1.82, 2.24) is 0 Å². The summed E-state index contributed by atoms with van der Waals surface area (Å²) < 4.78 is 0. The highest BCUT2D eigenvalue weighted by Crippen LogP contribution is 2.29. The molecule has 1 aliphatic carbocycles. The van der Waals surface area contributed by atoms with Crippen molar-refractivity contribution in [2.75, 3.05) is 0 Å². The summed E-state index contributed by atoms with van der Waals surface area (Å²) in [4.78, 5) is 11.8. The number of ketones is 1. The molecule has 2 rings (SSSR count). The Morgan fingerprint density at radius 2 is 2.07 bits per heavy atom. The summed E-state index contributed by atoms with van der Waals surface area (Å²) in [6.07, 6.45) is 0.923. The number of carbonyl (C=O) groups excluding carboxylic acids is 1. The van der Waals surface area contributed by atoms with Crippen LogP contribution in [0.15, 0.2) is 18.2 Å². The van der Waals surface area contributed by atoms with E-state index in [1.54, 1.807) is 0 Å². The molecule has 0 N–H and O–H groups in total. The van der Waals surface area contributed by atoms with Gasteiger partial charge >= 0.3 is 0 Å². The van der Waals surface area contributed by atoms with Gasteiger partial charge in [0, 0.05) is 11.5 Å². The Kier molecular flexibility index (Phi) is 2.18. The summed E-state index contributed by atoms with van der Waals surface area (Å²) in [5, 5.41) is 0. The summed E-state index contributed by atoms with van der Waals surface area (Å²) in [7, 11) is 0. The molecule has 0 aliphatic heterocycles. The first-order valence-electron chi connectivity index (χ1n) is 5.26. The van der Waals surface area contributed by atoms with Gasteiger partial charge in [-0.1, -0.05) is 32.9 Å². The van der Waals surface area contributed by atoms with Gasteiger partial charge in [0.2, 0.25) is 0 Å². The van der Waals surface area contributed by atoms with Gasteiger partial charge in [0.25, 0.3) is 0 Å². The molecule has 0 aromatic heterocycles. The van der Waals surface area contributed by atoms with Crippen LogP contribution in [-0.2, 0) is 6.42 Å². The zero-order chi connectivity index (χ0) is 10.3. The van der Waals surface area contributed by atoms with Crippen LogP contribution in [0.1, 0.15) is 48.2 Å². The van der Waals surface area contributed by atoms with Gasteiger partial charge in [-0.05, 0) is 29.5 Å². The average molecular weight is 188 g/mol. The van der Waals surface area contributed by atoms with Crippen LogP contribution in [0, 0.1) is 5.92 Å². The van der Waals surface area contributed by atoms with Crippen molar-refractivity contribution in [2.24, 2.45) is 5.92 Å². The molecule has 1 heteroatoms. The van der Waals surface area contributed by atoms with Crippen molar-refractivity contribution >= 4 is 5.78 Å². The Balaban J connectivity index is 2.46. The monoisotopic (exact) mass is 188 g/mol. The minimum atomic E-state index is 0.187. The number of rotatable bonds is 1. The summed E-state index contributed by atoms with van der Waals surface area (Å²) in [5.41, 5.74) is 3.46. The van der Waals surface area contributed by atoms with E-state index in [-0.39, 0.29) is 5.92 Å². The molecule has 0 amide bonds. The Morgan fingerprint density at radius 3 is 2.71 bits per heavy atom. The molecule has 1 aromatic carbocycles. The van der Waals surface area contributed by atoms with E-state index < -0.39 is 0 Å². The van der Waals surface area contributed by atoms with Crippen LogP contribution in [0.4, 0.5) is 0 Å². The second-order valence-electron chi connectivity index (χ2n) is 4.54. The summed E-state index contributed by atoms with van der Waals surface area (Å²) in [6, 6.07) is 6.34. The van der Waals surface area contributed by atoms with Crippen molar-refractivity contribution in [3.63, 3.8) is 0 Å². The van der Waals surface area contributed by atoms with Gasteiger partial charge in [0.15, 0.2) is 5.78 Å². The number of hydrogen-bond acceptors (Lipinski definition) is 1. The fourth-order valence-corrected chi connectivity index (χ4v) is 2.05. The number of Topliss-reactive ketones (excluding diaryl/α,β-unsaturated/α-hetero) is 1. The largest absolute Gasteiger partial charge is 0.294 e.